The predicted octanol–water partition coefficient (Wildman–Crippen LogP) is 1.15. The number of carbonyl (C=O) groups is 2. The van der Waals surface area contributed by atoms with E-state index in [4.69, 9.17) is 22.1 Å². The third-order valence-corrected chi connectivity index (χ3v) is 5.95. The van der Waals surface area contributed by atoms with Gasteiger partial charge < -0.3 is 25.6 Å². The molecule has 12 heteroatoms. The highest BCUT2D eigenvalue weighted by atomic mass is 35.5. The van der Waals surface area contributed by atoms with Gasteiger partial charge in [0.25, 0.3) is 0 Å². The van der Waals surface area contributed by atoms with Crippen LogP contribution in [0.15, 0.2) is 6.20 Å². The first-order valence-corrected chi connectivity index (χ1v) is 11.2. The lowest BCUT2D eigenvalue weighted by molar-refractivity contribution is -0.125. The number of nitrogen functional groups attached to an aromatic ring is 1. The molecule has 3 N–H and O–H groups in total. The molecule has 3 heterocycles. The fraction of sp³-hybridized carbons (Fsp3) is 0.500. The highest BCUT2D eigenvalue weighted by Crippen LogP contribution is 2.39. The van der Waals surface area contributed by atoms with Gasteiger partial charge in [-0.05, 0) is 34.9 Å². The van der Waals surface area contributed by atoms with Crippen LogP contribution in [0.4, 0.5) is 17.5 Å². The van der Waals surface area contributed by atoms with Crippen LogP contribution in [-0.2, 0) is 16.1 Å². The Morgan fingerprint density at radius 2 is 2.06 bits per heavy atom. The number of carbonyl (C=O) groups excluding carboxylic acids is 2. The minimum absolute atomic E-state index is 0.000315. The SMILES string of the molecule is COc1c(C)cnc(CN2CC(=O)N(C(C)C(=O)NCCN(C)C)c3c(Cl)nc(N)nc32)c1C. The molecule has 1 atom stereocenters. The van der Waals surface area contributed by atoms with Crippen molar-refractivity contribution >= 4 is 40.9 Å². The maximum absolute atomic E-state index is 13.3. The summed E-state index contributed by atoms with van der Waals surface area (Å²) < 4.78 is 5.51. The van der Waals surface area contributed by atoms with Crippen molar-refractivity contribution in [3.05, 3.63) is 28.2 Å². The van der Waals surface area contributed by atoms with Gasteiger partial charge in [-0.3, -0.25) is 19.5 Å². The number of amides is 2. The lowest BCUT2D eigenvalue weighted by Crippen LogP contribution is -2.55. The molecule has 34 heavy (non-hydrogen) atoms. The van der Waals surface area contributed by atoms with Crippen molar-refractivity contribution in [1.29, 1.82) is 0 Å². The molecule has 2 amide bonds. The summed E-state index contributed by atoms with van der Waals surface area (Å²) in [4.78, 5) is 44.1. The molecule has 0 aliphatic carbocycles. The number of likely N-dealkylation sites (N-methyl/N-ethyl adjacent to an activating group) is 1. The van der Waals surface area contributed by atoms with Crippen LogP contribution in [0, 0.1) is 13.8 Å². The van der Waals surface area contributed by atoms with Crippen LogP contribution in [0.2, 0.25) is 5.15 Å². The number of nitrogens with one attached hydrogen (secondary N) is 1. The number of halogens is 1. The summed E-state index contributed by atoms with van der Waals surface area (Å²) in [6.45, 7) is 6.82. The lowest BCUT2D eigenvalue weighted by atomic mass is 10.1. The zero-order chi connectivity index (χ0) is 25.2. The zero-order valence-electron chi connectivity index (χ0n) is 20.3. The summed E-state index contributed by atoms with van der Waals surface area (Å²) >= 11 is 6.44. The third kappa shape index (κ3) is 5.15. The van der Waals surface area contributed by atoms with E-state index in [1.165, 1.54) is 4.90 Å². The van der Waals surface area contributed by atoms with Crippen molar-refractivity contribution in [1.82, 2.24) is 25.2 Å². The molecule has 11 nitrogen and oxygen atoms in total. The first-order chi connectivity index (χ1) is 16.0. The van der Waals surface area contributed by atoms with E-state index in [0.29, 0.717) is 18.9 Å². The largest absolute Gasteiger partial charge is 0.496 e. The molecule has 3 rings (SSSR count). The number of rotatable bonds is 8. The first-order valence-electron chi connectivity index (χ1n) is 10.9. The van der Waals surface area contributed by atoms with Crippen molar-refractivity contribution in [2.75, 3.05) is 56.4 Å². The van der Waals surface area contributed by atoms with Crippen molar-refractivity contribution in [2.24, 2.45) is 0 Å². The Kier molecular flexibility index (Phi) is 7.78. The Hall–Kier alpha value is -3.18. The van der Waals surface area contributed by atoms with Crippen LogP contribution in [0.1, 0.15) is 23.7 Å². The molecule has 0 fully saturated rings. The summed E-state index contributed by atoms with van der Waals surface area (Å²) in [6, 6.07) is -0.820. The standard InChI is InChI=1S/C22H31ClN8O3/c1-12-9-26-15(13(2)18(12)34-6)10-30-11-16(32)31(14(3)21(33)25-7-8-29(4)5)17-19(23)27-22(24)28-20(17)30/h9,14H,7-8,10-11H2,1-6H3,(H,25,33)(H2,24,27,28). The van der Waals surface area contributed by atoms with Gasteiger partial charge in [0.05, 0.1) is 25.9 Å². The number of ether oxygens (including phenoxy) is 1. The monoisotopic (exact) mass is 490 g/mol. The number of hydrogen-bond acceptors (Lipinski definition) is 9. The van der Waals surface area contributed by atoms with Crippen molar-refractivity contribution in [3.63, 3.8) is 0 Å². The maximum atomic E-state index is 13.3. The number of anilines is 3. The molecule has 184 valence electrons. The van der Waals surface area contributed by atoms with Crippen LogP contribution >= 0.6 is 11.6 Å². The van der Waals surface area contributed by atoms with Crippen molar-refractivity contribution in [2.45, 2.75) is 33.4 Å². The number of methoxy groups -OCH3 is 1. The zero-order valence-corrected chi connectivity index (χ0v) is 21.1. The van der Waals surface area contributed by atoms with E-state index in [1.807, 2.05) is 32.8 Å². The molecule has 0 radical (unpaired) electrons. The molecule has 0 spiro atoms. The average molecular weight is 491 g/mol. The summed E-state index contributed by atoms with van der Waals surface area (Å²) in [5, 5.41) is 2.85. The lowest BCUT2D eigenvalue weighted by Gasteiger charge is -2.38. The highest BCUT2D eigenvalue weighted by Gasteiger charge is 2.39. The van der Waals surface area contributed by atoms with Crippen LogP contribution in [-0.4, -0.2) is 78.5 Å². The molecule has 2 aromatic rings. The Balaban J connectivity index is 1.96. The molecule has 0 aromatic carbocycles. The van der Waals surface area contributed by atoms with E-state index < -0.39 is 6.04 Å². The van der Waals surface area contributed by atoms with E-state index in [-0.39, 0.29) is 41.7 Å². The molecular weight excluding hydrogens is 460 g/mol. The molecule has 1 aliphatic rings. The first kappa shape index (κ1) is 25.4. The van der Waals surface area contributed by atoms with Gasteiger partial charge in [-0.2, -0.15) is 9.97 Å². The minimum atomic E-state index is -0.820. The fourth-order valence-electron chi connectivity index (χ4n) is 3.92. The Bertz CT molecular complexity index is 1090. The molecule has 1 unspecified atom stereocenters. The summed E-state index contributed by atoms with van der Waals surface area (Å²) in [7, 11) is 5.43. The topological polar surface area (TPSA) is 130 Å². The number of nitrogens with zero attached hydrogens (tertiary/aromatic N) is 6. The third-order valence-electron chi connectivity index (χ3n) is 5.69. The van der Waals surface area contributed by atoms with Crippen LogP contribution in [0.3, 0.4) is 0 Å². The van der Waals surface area contributed by atoms with Crippen LogP contribution < -0.4 is 25.6 Å². The van der Waals surface area contributed by atoms with Gasteiger partial charge in [0.15, 0.2) is 11.0 Å². The number of fused-ring (bicyclic) bond motifs is 1. The summed E-state index contributed by atoms with van der Waals surface area (Å²) in [6.07, 6.45) is 1.72. The van der Waals surface area contributed by atoms with Gasteiger partial charge in [0, 0.05) is 30.4 Å². The second-order valence-corrected chi connectivity index (χ2v) is 8.84. The van der Waals surface area contributed by atoms with E-state index in [0.717, 1.165) is 22.6 Å². The molecule has 2 aromatic heterocycles. The maximum Gasteiger partial charge on any atom is 0.247 e. The quantitative estimate of drug-likeness (QED) is 0.523. The molecule has 0 saturated carbocycles. The summed E-state index contributed by atoms with van der Waals surface area (Å²) in [5.41, 5.74) is 8.63. The van der Waals surface area contributed by atoms with Crippen molar-refractivity contribution < 1.29 is 14.3 Å². The molecule has 1 aliphatic heterocycles. The van der Waals surface area contributed by atoms with Crippen LogP contribution in [0.5, 0.6) is 5.75 Å². The van der Waals surface area contributed by atoms with E-state index in [2.05, 4.69) is 20.3 Å². The summed E-state index contributed by atoms with van der Waals surface area (Å²) in [5.74, 6) is 0.458. The number of hydrogen-bond donors (Lipinski definition) is 2. The smallest absolute Gasteiger partial charge is 0.247 e. The number of aromatic nitrogens is 3. The fourth-order valence-corrected chi connectivity index (χ4v) is 4.18. The molecule has 0 saturated heterocycles. The van der Waals surface area contributed by atoms with Crippen LogP contribution in [0.25, 0.3) is 0 Å². The Morgan fingerprint density at radius 3 is 2.71 bits per heavy atom. The average Bonchev–Trinajstić information content (AvgIpc) is 2.76. The molecule has 0 bridgehead atoms. The number of pyridine rings is 1. The number of aryl methyl sites for hydroxylation is 1. The normalized spacial score (nSPS) is 14.3. The van der Waals surface area contributed by atoms with E-state index >= 15 is 0 Å². The van der Waals surface area contributed by atoms with Gasteiger partial charge in [-0.1, -0.05) is 11.6 Å². The van der Waals surface area contributed by atoms with E-state index in [1.54, 1.807) is 25.1 Å². The molecular formula is C22H31ClN8O3. The minimum Gasteiger partial charge on any atom is -0.496 e. The van der Waals surface area contributed by atoms with Gasteiger partial charge in [-0.15, -0.1) is 0 Å². The Labute approximate surface area is 204 Å². The van der Waals surface area contributed by atoms with Gasteiger partial charge in [0.2, 0.25) is 17.8 Å². The van der Waals surface area contributed by atoms with Gasteiger partial charge in [0.1, 0.15) is 17.5 Å². The highest BCUT2D eigenvalue weighted by molar-refractivity contribution is 6.34. The Morgan fingerprint density at radius 1 is 1.35 bits per heavy atom. The second-order valence-electron chi connectivity index (χ2n) is 8.48. The van der Waals surface area contributed by atoms with Gasteiger partial charge in [-0.25, -0.2) is 0 Å². The van der Waals surface area contributed by atoms with Gasteiger partial charge >= 0.3 is 0 Å². The number of nitrogens with two attached hydrogens (primary N) is 1. The van der Waals surface area contributed by atoms with Crippen molar-refractivity contribution in [3.8, 4) is 5.75 Å². The van der Waals surface area contributed by atoms with E-state index in [9.17, 15) is 9.59 Å². The predicted molar refractivity (Wildman–Crippen MR) is 131 cm³/mol. The second kappa shape index (κ2) is 10.4.